The number of carbonyl (C=O) groups excluding carboxylic acids is 2. The molecule has 0 atom stereocenters. The topological polar surface area (TPSA) is 96.0 Å². The summed E-state index contributed by atoms with van der Waals surface area (Å²) in [5.74, 6) is -0.485. The molecule has 1 aromatic rings. The fourth-order valence-electron chi connectivity index (χ4n) is 2.44. The fourth-order valence-corrected chi connectivity index (χ4v) is 4.36. The molecule has 0 unspecified atom stereocenters. The zero-order valence-electron chi connectivity index (χ0n) is 13.8. The Labute approximate surface area is 151 Å². The molecule has 10 heteroatoms. The molecule has 1 heterocycles. The maximum atomic E-state index is 12.6. The maximum Gasteiger partial charge on any atom is 0.413 e. The Hall–Kier alpha value is -1.68. The first-order valence-corrected chi connectivity index (χ1v) is 9.60. The summed E-state index contributed by atoms with van der Waals surface area (Å²) >= 11 is 5.99. The third-order valence-electron chi connectivity index (χ3n) is 3.67. The highest BCUT2D eigenvalue weighted by Gasteiger charge is 2.30. The normalized spacial score (nSPS) is 16.4. The lowest BCUT2D eigenvalue weighted by Gasteiger charge is -2.33. The van der Waals surface area contributed by atoms with E-state index in [-0.39, 0.29) is 36.2 Å². The first kappa shape index (κ1) is 19.6. The number of hydrogen-bond donors (Lipinski definition) is 1. The minimum absolute atomic E-state index is 0.00120. The molecule has 0 saturated carbocycles. The number of rotatable bonds is 5. The van der Waals surface area contributed by atoms with Crippen LogP contribution in [-0.4, -0.2) is 69.0 Å². The van der Waals surface area contributed by atoms with Crippen molar-refractivity contribution in [2.75, 3.05) is 39.3 Å². The molecule has 1 aromatic carbocycles. The van der Waals surface area contributed by atoms with Crippen LogP contribution in [0.25, 0.3) is 0 Å². The summed E-state index contributed by atoms with van der Waals surface area (Å²) in [4.78, 5) is 24.8. The van der Waals surface area contributed by atoms with E-state index in [0.717, 1.165) is 0 Å². The zero-order chi connectivity index (χ0) is 18.4. The highest BCUT2D eigenvalue weighted by atomic mass is 35.5. The van der Waals surface area contributed by atoms with Gasteiger partial charge in [-0.2, -0.15) is 4.31 Å². The van der Waals surface area contributed by atoms with Crippen molar-refractivity contribution >= 4 is 33.6 Å². The first-order valence-electron chi connectivity index (χ1n) is 7.78. The van der Waals surface area contributed by atoms with Gasteiger partial charge in [0.2, 0.25) is 15.9 Å². The van der Waals surface area contributed by atoms with Crippen molar-refractivity contribution in [3.05, 3.63) is 29.3 Å². The van der Waals surface area contributed by atoms with Gasteiger partial charge in [-0.3, -0.25) is 15.0 Å². The zero-order valence-corrected chi connectivity index (χ0v) is 15.3. The number of amides is 2. The van der Waals surface area contributed by atoms with Crippen LogP contribution in [0.1, 0.15) is 6.92 Å². The van der Waals surface area contributed by atoms with E-state index in [4.69, 9.17) is 11.6 Å². The Kier molecular flexibility index (Phi) is 6.77. The van der Waals surface area contributed by atoms with Crippen LogP contribution in [0.4, 0.5) is 4.79 Å². The van der Waals surface area contributed by atoms with Crippen LogP contribution < -0.4 is 5.32 Å². The molecule has 25 heavy (non-hydrogen) atoms. The highest BCUT2D eigenvalue weighted by molar-refractivity contribution is 7.89. The number of piperazine rings is 1. The predicted molar refractivity (Wildman–Crippen MR) is 91.8 cm³/mol. The van der Waals surface area contributed by atoms with Crippen LogP contribution in [0.2, 0.25) is 5.02 Å². The highest BCUT2D eigenvalue weighted by Crippen LogP contribution is 2.24. The van der Waals surface area contributed by atoms with Gasteiger partial charge in [0.15, 0.2) is 0 Å². The Morgan fingerprint density at radius 3 is 2.44 bits per heavy atom. The number of nitrogens with one attached hydrogen (secondary N) is 1. The molecule has 138 valence electrons. The van der Waals surface area contributed by atoms with Crippen molar-refractivity contribution in [2.24, 2.45) is 0 Å². The smallest absolute Gasteiger partial charge is 0.413 e. The summed E-state index contributed by atoms with van der Waals surface area (Å²) in [6.07, 6.45) is -0.785. The molecule has 1 aliphatic rings. The van der Waals surface area contributed by atoms with Crippen molar-refractivity contribution in [1.29, 1.82) is 0 Å². The molecule has 8 nitrogen and oxygen atoms in total. The maximum absolute atomic E-state index is 12.6. The molecule has 0 aliphatic carbocycles. The van der Waals surface area contributed by atoms with Crippen LogP contribution in [-0.2, 0) is 19.6 Å². The van der Waals surface area contributed by atoms with Gasteiger partial charge in [0.1, 0.15) is 4.90 Å². The average Bonchev–Trinajstić information content (AvgIpc) is 2.55. The lowest BCUT2D eigenvalue weighted by atomic mass is 10.3. The molecule has 2 amide bonds. The second-order valence-electron chi connectivity index (χ2n) is 5.38. The van der Waals surface area contributed by atoms with Gasteiger partial charge in [-0.25, -0.2) is 13.2 Å². The van der Waals surface area contributed by atoms with Crippen molar-refractivity contribution in [2.45, 2.75) is 11.8 Å². The number of imide groups is 1. The molecule has 1 aliphatic heterocycles. The van der Waals surface area contributed by atoms with Gasteiger partial charge < -0.3 is 4.74 Å². The number of ether oxygens (including phenoxy) is 1. The van der Waals surface area contributed by atoms with Crippen LogP contribution in [0, 0.1) is 0 Å². The van der Waals surface area contributed by atoms with E-state index in [9.17, 15) is 18.0 Å². The summed E-state index contributed by atoms with van der Waals surface area (Å²) in [6.45, 7) is 3.04. The van der Waals surface area contributed by atoms with Gasteiger partial charge in [-0.15, -0.1) is 0 Å². The summed E-state index contributed by atoms with van der Waals surface area (Å²) in [7, 11) is -3.67. The minimum atomic E-state index is -3.67. The Morgan fingerprint density at radius 2 is 1.84 bits per heavy atom. The van der Waals surface area contributed by atoms with E-state index in [2.05, 4.69) is 10.1 Å². The van der Waals surface area contributed by atoms with E-state index < -0.39 is 22.0 Å². The summed E-state index contributed by atoms with van der Waals surface area (Å²) in [5, 5.41) is 2.29. The van der Waals surface area contributed by atoms with E-state index in [1.807, 2.05) is 0 Å². The SMILES string of the molecule is CCOC(=O)NC(=O)CN1CCN(S(=O)(=O)c2ccccc2Cl)CC1. The molecule has 2 rings (SSSR count). The number of alkyl carbamates (subject to hydrolysis) is 1. The number of benzene rings is 1. The Morgan fingerprint density at radius 1 is 1.20 bits per heavy atom. The monoisotopic (exact) mass is 389 g/mol. The van der Waals surface area contributed by atoms with Gasteiger partial charge in [0.25, 0.3) is 0 Å². The van der Waals surface area contributed by atoms with Gasteiger partial charge >= 0.3 is 6.09 Å². The molecule has 0 bridgehead atoms. The number of hydrogen-bond acceptors (Lipinski definition) is 6. The third-order valence-corrected chi connectivity index (χ3v) is 6.07. The molecule has 1 saturated heterocycles. The number of sulfonamides is 1. The Balaban J connectivity index is 1.90. The van der Waals surface area contributed by atoms with Crippen LogP contribution in [0.3, 0.4) is 0 Å². The third kappa shape index (κ3) is 5.15. The number of halogens is 1. The van der Waals surface area contributed by atoms with Crippen LogP contribution in [0.15, 0.2) is 29.2 Å². The molecule has 0 radical (unpaired) electrons. The molecular weight excluding hydrogens is 370 g/mol. The lowest BCUT2D eigenvalue weighted by molar-refractivity contribution is -0.121. The van der Waals surface area contributed by atoms with Crippen LogP contribution >= 0.6 is 11.6 Å². The Bertz CT molecular complexity index is 732. The first-order chi connectivity index (χ1) is 11.8. The number of carbonyl (C=O) groups is 2. The number of nitrogens with zero attached hydrogens (tertiary/aromatic N) is 2. The fraction of sp³-hybridized carbons (Fsp3) is 0.467. The van der Waals surface area contributed by atoms with Gasteiger partial charge in [-0.05, 0) is 19.1 Å². The van der Waals surface area contributed by atoms with Crippen molar-refractivity contribution in [1.82, 2.24) is 14.5 Å². The van der Waals surface area contributed by atoms with E-state index in [0.29, 0.717) is 13.1 Å². The van der Waals surface area contributed by atoms with Crippen LogP contribution in [0.5, 0.6) is 0 Å². The van der Waals surface area contributed by atoms with E-state index in [1.54, 1.807) is 24.0 Å². The van der Waals surface area contributed by atoms with Crippen molar-refractivity contribution in [3.8, 4) is 0 Å². The molecule has 0 spiro atoms. The van der Waals surface area contributed by atoms with E-state index in [1.165, 1.54) is 16.4 Å². The second kappa shape index (κ2) is 8.61. The van der Waals surface area contributed by atoms with E-state index >= 15 is 0 Å². The summed E-state index contributed by atoms with van der Waals surface area (Å²) < 4.78 is 31.2. The molecule has 0 aromatic heterocycles. The largest absolute Gasteiger partial charge is 0.450 e. The van der Waals surface area contributed by atoms with Crippen molar-refractivity contribution in [3.63, 3.8) is 0 Å². The predicted octanol–water partition coefficient (Wildman–Crippen LogP) is 0.919. The summed E-state index contributed by atoms with van der Waals surface area (Å²) in [6, 6.07) is 6.29. The van der Waals surface area contributed by atoms with Gasteiger partial charge in [0.05, 0.1) is 18.2 Å². The summed E-state index contributed by atoms with van der Waals surface area (Å²) in [5.41, 5.74) is 0. The quantitative estimate of drug-likeness (QED) is 0.804. The molecule has 1 N–H and O–H groups in total. The standard InChI is InChI=1S/C15H20ClN3O5S/c1-2-24-15(21)17-14(20)11-18-7-9-19(10-8-18)25(22,23)13-6-4-3-5-12(13)16/h3-6H,2,7-11H2,1H3,(H,17,20,21). The lowest BCUT2D eigenvalue weighted by Crippen LogP contribution is -2.51. The molecular formula is C15H20ClN3O5S. The minimum Gasteiger partial charge on any atom is -0.450 e. The molecule has 1 fully saturated rings. The van der Waals surface area contributed by atoms with Gasteiger partial charge in [0, 0.05) is 26.2 Å². The van der Waals surface area contributed by atoms with Gasteiger partial charge in [-0.1, -0.05) is 23.7 Å². The second-order valence-corrected chi connectivity index (χ2v) is 7.69. The average molecular weight is 390 g/mol. The van der Waals surface area contributed by atoms with Crippen molar-refractivity contribution < 1.29 is 22.7 Å².